The highest BCUT2D eigenvalue weighted by atomic mass is 32.1. The lowest BCUT2D eigenvalue weighted by Crippen LogP contribution is -2.49. The zero-order chi connectivity index (χ0) is 16.7. The molecule has 1 atom stereocenters. The van der Waals surface area contributed by atoms with Gasteiger partial charge in [-0.2, -0.15) is 17.4 Å². The van der Waals surface area contributed by atoms with E-state index >= 15 is 0 Å². The molecule has 3 rings (SSSR count). The summed E-state index contributed by atoms with van der Waals surface area (Å²) >= 11 is 4.39. The van der Waals surface area contributed by atoms with Crippen LogP contribution in [0.15, 0.2) is 36.7 Å². The molecule has 23 heavy (non-hydrogen) atoms. The maximum atomic E-state index is 12.7. The monoisotopic (exact) mass is 331 g/mol. The lowest BCUT2D eigenvalue weighted by atomic mass is 10.1. The van der Waals surface area contributed by atoms with Gasteiger partial charge in [-0.25, -0.2) is 4.98 Å². The molecule has 0 aliphatic carbocycles. The summed E-state index contributed by atoms with van der Waals surface area (Å²) in [6.07, 6.45) is 3.20. The molecule has 2 aromatic heterocycles. The fourth-order valence-electron chi connectivity index (χ4n) is 2.49. The van der Waals surface area contributed by atoms with Crippen LogP contribution in [-0.4, -0.2) is 15.5 Å². The SMILES string of the molecule is Cn1ccnc1C(S)c1c(C(N)=O)[n+]([O-])c2ccccc2[n+]1[O-]. The van der Waals surface area contributed by atoms with Gasteiger partial charge < -0.3 is 20.7 Å². The van der Waals surface area contributed by atoms with Crippen LogP contribution in [0.4, 0.5) is 0 Å². The van der Waals surface area contributed by atoms with Gasteiger partial charge in [-0.3, -0.25) is 4.79 Å². The van der Waals surface area contributed by atoms with Crippen LogP contribution in [0.1, 0.15) is 27.3 Å². The van der Waals surface area contributed by atoms with Gasteiger partial charge in [-0.05, 0) is 0 Å². The van der Waals surface area contributed by atoms with Crippen molar-refractivity contribution in [1.29, 1.82) is 0 Å². The molecule has 2 heterocycles. The molecule has 2 N–H and O–H groups in total. The van der Waals surface area contributed by atoms with E-state index < -0.39 is 16.9 Å². The number of rotatable bonds is 3. The van der Waals surface area contributed by atoms with Crippen LogP contribution in [0.25, 0.3) is 11.0 Å². The Kier molecular flexibility index (Phi) is 3.57. The molecule has 1 unspecified atom stereocenters. The molecule has 9 heteroatoms. The van der Waals surface area contributed by atoms with Gasteiger partial charge in [0.1, 0.15) is 5.82 Å². The zero-order valence-electron chi connectivity index (χ0n) is 12.1. The van der Waals surface area contributed by atoms with Crippen LogP contribution < -0.4 is 15.2 Å². The zero-order valence-corrected chi connectivity index (χ0v) is 13.0. The Morgan fingerprint density at radius 3 is 2.43 bits per heavy atom. The minimum Gasteiger partial charge on any atom is -0.618 e. The van der Waals surface area contributed by atoms with Crippen molar-refractivity contribution in [3.05, 3.63) is 64.3 Å². The molecule has 0 bridgehead atoms. The molecule has 1 amide bonds. The van der Waals surface area contributed by atoms with Gasteiger partial charge in [0.2, 0.25) is 0 Å². The van der Waals surface area contributed by atoms with Crippen molar-refractivity contribution < 1.29 is 14.3 Å². The van der Waals surface area contributed by atoms with Crippen molar-refractivity contribution in [3.8, 4) is 0 Å². The van der Waals surface area contributed by atoms with Crippen molar-refractivity contribution in [2.75, 3.05) is 0 Å². The Hall–Kier alpha value is -2.81. The number of fused-ring (bicyclic) bond motifs is 1. The largest absolute Gasteiger partial charge is 0.618 e. The van der Waals surface area contributed by atoms with Crippen molar-refractivity contribution in [3.63, 3.8) is 0 Å². The minimum absolute atomic E-state index is 0.0559. The van der Waals surface area contributed by atoms with E-state index in [1.165, 1.54) is 18.3 Å². The average Bonchev–Trinajstić information content (AvgIpc) is 2.95. The van der Waals surface area contributed by atoms with E-state index in [1.54, 1.807) is 29.9 Å². The van der Waals surface area contributed by atoms with Crippen LogP contribution in [0, 0.1) is 10.4 Å². The first-order chi connectivity index (χ1) is 10.9. The molecule has 0 fully saturated rings. The lowest BCUT2D eigenvalue weighted by molar-refractivity contribution is -0.636. The second-order valence-corrected chi connectivity index (χ2v) is 5.49. The molecule has 0 aliphatic rings. The Morgan fingerprint density at radius 1 is 1.30 bits per heavy atom. The number of hydrogen-bond donors (Lipinski definition) is 2. The molecular weight excluding hydrogens is 318 g/mol. The van der Waals surface area contributed by atoms with E-state index in [9.17, 15) is 15.2 Å². The van der Waals surface area contributed by atoms with E-state index in [0.29, 0.717) is 15.3 Å². The van der Waals surface area contributed by atoms with Crippen LogP contribution in [0.2, 0.25) is 0 Å². The molecule has 0 saturated heterocycles. The molecular formula is C14H13N5O3S. The highest BCUT2D eigenvalue weighted by molar-refractivity contribution is 7.80. The molecule has 0 saturated carbocycles. The maximum absolute atomic E-state index is 12.7. The molecule has 1 aromatic carbocycles. The molecule has 0 aliphatic heterocycles. The van der Waals surface area contributed by atoms with E-state index in [2.05, 4.69) is 17.6 Å². The second kappa shape index (κ2) is 5.43. The van der Waals surface area contributed by atoms with Crippen LogP contribution in [0.3, 0.4) is 0 Å². The number of benzene rings is 1. The predicted molar refractivity (Wildman–Crippen MR) is 84.4 cm³/mol. The number of carbonyl (C=O) groups excluding carboxylic acids is 1. The number of imidazole rings is 1. The summed E-state index contributed by atoms with van der Waals surface area (Å²) in [5.74, 6) is -0.589. The first-order valence-corrected chi connectivity index (χ1v) is 7.18. The third-order valence-electron chi connectivity index (χ3n) is 3.58. The molecule has 0 radical (unpaired) electrons. The van der Waals surface area contributed by atoms with Crippen molar-refractivity contribution in [1.82, 2.24) is 9.55 Å². The Morgan fingerprint density at radius 2 is 1.91 bits per heavy atom. The summed E-state index contributed by atoms with van der Waals surface area (Å²) in [6.45, 7) is 0. The number of primary amides is 1. The third kappa shape index (κ3) is 2.25. The smallest absolute Gasteiger partial charge is 0.352 e. The van der Waals surface area contributed by atoms with E-state index in [0.717, 1.165) is 0 Å². The summed E-state index contributed by atoms with van der Waals surface area (Å²) in [4.78, 5) is 15.9. The highest BCUT2D eigenvalue weighted by Crippen LogP contribution is 2.26. The Bertz CT molecular complexity index is 924. The third-order valence-corrected chi connectivity index (χ3v) is 4.05. The summed E-state index contributed by atoms with van der Waals surface area (Å²) in [5.41, 5.74) is 4.92. The first kappa shape index (κ1) is 15.1. The van der Waals surface area contributed by atoms with Crippen LogP contribution >= 0.6 is 12.6 Å². The predicted octanol–water partition coefficient (Wildman–Crippen LogP) is -0.0418. The normalized spacial score (nSPS) is 12.4. The molecule has 8 nitrogen and oxygen atoms in total. The van der Waals surface area contributed by atoms with Crippen molar-refractivity contribution >= 4 is 29.6 Å². The Balaban J connectivity index is 2.39. The maximum Gasteiger partial charge on any atom is 0.352 e. The number of carbonyl (C=O) groups is 1. The van der Waals surface area contributed by atoms with Crippen molar-refractivity contribution in [2.24, 2.45) is 12.8 Å². The molecule has 0 spiro atoms. The number of aryl methyl sites for hydroxylation is 1. The number of nitrogens with two attached hydrogens (primary N) is 1. The quantitative estimate of drug-likeness (QED) is 0.398. The lowest BCUT2D eigenvalue weighted by Gasteiger charge is -2.15. The van der Waals surface area contributed by atoms with Gasteiger partial charge in [0.25, 0.3) is 16.7 Å². The standard InChI is InChI=1S/C14H13N5O3S/c1-17-7-6-16-14(17)12(23)10-11(13(15)20)19(22)9-5-3-2-4-8(9)18(10)21/h2-7,12,23H,1H3,(H2,15,20). The fraction of sp³-hybridized carbons (Fsp3) is 0.143. The highest BCUT2D eigenvalue weighted by Gasteiger charge is 2.38. The van der Waals surface area contributed by atoms with E-state index in [4.69, 9.17) is 5.73 Å². The van der Waals surface area contributed by atoms with E-state index in [1.807, 2.05) is 0 Å². The van der Waals surface area contributed by atoms with Crippen LogP contribution in [-0.2, 0) is 7.05 Å². The first-order valence-electron chi connectivity index (χ1n) is 6.66. The Labute approximate surface area is 136 Å². The summed E-state index contributed by atoms with van der Waals surface area (Å²) in [5, 5.41) is 24.3. The van der Waals surface area contributed by atoms with Crippen LogP contribution in [0.5, 0.6) is 0 Å². The number of hydrogen-bond acceptors (Lipinski definition) is 5. The fourth-order valence-corrected chi connectivity index (χ4v) is 2.96. The topological polar surface area (TPSA) is 115 Å². The van der Waals surface area contributed by atoms with Gasteiger partial charge in [0.05, 0.1) is 0 Å². The number of amides is 1. The molecule has 118 valence electrons. The number of thiol groups is 1. The van der Waals surface area contributed by atoms with Gasteiger partial charge in [-0.1, -0.05) is 12.1 Å². The second-order valence-electron chi connectivity index (χ2n) is 4.97. The van der Waals surface area contributed by atoms with Crippen molar-refractivity contribution in [2.45, 2.75) is 5.25 Å². The minimum atomic E-state index is -1.00. The van der Waals surface area contributed by atoms with E-state index in [-0.39, 0.29) is 16.7 Å². The van der Waals surface area contributed by atoms with Gasteiger partial charge >= 0.3 is 11.6 Å². The molecule has 3 aromatic rings. The van der Waals surface area contributed by atoms with Gasteiger partial charge in [0, 0.05) is 31.6 Å². The summed E-state index contributed by atoms with van der Waals surface area (Å²) < 4.78 is 2.52. The number of nitrogens with zero attached hydrogens (tertiary/aromatic N) is 4. The summed E-state index contributed by atoms with van der Waals surface area (Å²) in [7, 11) is 1.72. The summed E-state index contributed by atoms with van der Waals surface area (Å²) in [6, 6.07) is 6.15. The average molecular weight is 331 g/mol. The van der Waals surface area contributed by atoms with Gasteiger partial charge in [-0.15, -0.1) is 4.73 Å². The van der Waals surface area contributed by atoms with Gasteiger partial charge in [0.15, 0.2) is 5.25 Å². The number of para-hydroxylation sites is 2. The number of aromatic nitrogens is 4.